The van der Waals surface area contributed by atoms with Crippen LogP contribution in [0.15, 0.2) is 97.2 Å². The van der Waals surface area contributed by atoms with Crippen LogP contribution in [-0.2, 0) is 14.3 Å². The fourth-order valence-corrected chi connectivity index (χ4v) is 7.03. The summed E-state index contributed by atoms with van der Waals surface area (Å²) in [4.78, 5) is 26.1. The highest BCUT2D eigenvalue weighted by atomic mass is 16.5. The third-order valence-electron chi connectivity index (χ3n) is 10.8. The summed E-state index contributed by atoms with van der Waals surface area (Å²) in [6.07, 6.45) is 63.2. The van der Waals surface area contributed by atoms with Crippen molar-refractivity contribution in [2.75, 3.05) is 6.61 Å². The standard InChI is InChI=1S/C55H93NO5/c1-4-7-10-13-16-19-22-24-26-27-29-31-33-36-39-42-45-48-55(60)61-51(46-43-40-37-34-32-30-28-25-23-20-17-14-11-8-5-2)49-54(59)56-52(50-57)53(58)47-44-41-38-35-21-18-15-12-9-6-3/h8,11,14,16-17,19-20,23-26,28,30,32,34,37,51-53,57-58H,4-7,9-10,12-13,15,18,21-22,27,29,31,33,35-36,38-50H2,1-3H3,(H,56,59)/b11-8-,17-14+,19-16-,23-20+,26-24-,28-25-,32-30+,37-34+. The number of carbonyl (C=O) groups excluding carboxylic acids is 2. The third-order valence-corrected chi connectivity index (χ3v) is 10.8. The van der Waals surface area contributed by atoms with Crippen LogP contribution < -0.4 is 5.32 Å². The van der Waals surface area contributed by atoms with Crippen molar-refractivity contribution in [3.05, 3.63) is 97.2 Å². The largest absolute Gasteiger partial charge is 0.462 e. The van der Waals surface area contributed by atoms with Gasteiger partial charge in [0.1, 0.15) is 6.10 Å². The van der Waals surface area contributed by atoms with E-state index in [0.717, 1.165) is 70.6 Å². The number of hydrogen-bond acceptors (Lipinski definition) is 5. The zero-order valence-electron chi connectivity index (χ0n) is 39.5. The van der Waals surface area contributed by atoms with E-state index in [0.29, 0.717) is 19.3 Å². The molecule has 0 fully saturated rings. The number of allylic oxidation sites excluding steroid dienone is 16. The first kappa shape index (κ1) is 57.8. The van der Waals surface area contributed by atoms with E-state index in [2.05, 4.69) is 62.5 Å². The van der Waals surface area contributed by atoms with Crippen molar-refractivity contribution in [1.82, 2.24) is 5.32 Å². The maximum atomic E-state index is 13.2. The van der Waals surface area contributed by atoms with Crippen LogP contribution in [0.2, 0.25) is 0 Å². The lowest BCUT2D eigenvalue weighted by Crippen LogP contribution is -2.46. The van der Waals surface area contributed by atoms with E-state index in [1.165, 1.54) is 96.3 Å². The number of amides is 1. The summed E-state index contributed by atoms with van der Waals surface area (Å²) in [5.41, 5.74) is 0. The molecule has 3 N–H and O–H groups in total. The molecule has 3 atom stereocenters. The minimum atomic E-state index is -0.813. The third kappa shape index (κ3) is 43.2. The Morgan fingerprint density at radius 1 is 0.508 bits per heavy atom. The molecule has 61 heavy (non-hydrogen) atoms. The van der Waals surface area contributed by atoms with Gasteiger partial charge in [-0.1, -0.05) is 227 Å². The number of ether oxygens (including phenoxy) is 1. The maximum absolute atomic E-state index is 13.2. The lowest BCUT2D eigenvalue weighted by Gasteiger charge is -2.24. The Morgan fingerprint density at radius 2 is 0.967 bits per heavy atom. The molecule has 0 radical (unpaired) electrons. The molecule has 348 valence electrons. The number of rotatable bonds is 43. The number of nitrogens with one attached hydrogen (secondary N) is 1. The van der Waals surface area contributed by atoms with Crippen molar-refractivity contribution in [1.29, 1.82) is 0 Å². The molecule has 0 saturated carbocycles. The van der Waals surface area contributed by atoms with Gasteiger partial charge in [0, 0.05) is 6.42 Å². The molecule has 0 aromatic rings. The summed E-state index contributed by atoms with van der Waals surface area (Å²) < 4.78 is 5.89. The molecule has 0 bridgehead atoms. The molecule has 6 nitrogen and oxygen atoms in total. The van der Waals surface area contributed by atoms with Gasteiger partial charge in [0.05, 0.1) is 25.2 Å². The minimum Gasteiger partial charge on any atom is -0.462 e. The van der Waals surface area contributed by atoms with Crippen molar-refractivity contribution in [3.63, 3.8) is 0 Å². The molecule has 0 aromatic carbocycles. The lowest BCUT2D eigenvalue weighted by molar-refractivity contribution is -0.151. The van der Waals surface area contributed by atoms with Gasteiger partial charge in [0.25, 0.3) is 0 Å². The van der Waals surface area contributed by atoms with Gasteiger partial charge < -0.3 is 20.3 Å². The first-order valence-electron chi connectivity index (χ1n) is 25.0. The van der Waals surface area contributed by atoms with Gasteiger partial charge in [0.2, 0.25) is 5.91 Å². The number of hydrogen-bond donors (Lipinski definition) is 3. The molecule has 6 heteroatoms. The minimum absolute atomic E-state index is 0.0180. The normalized spacial score (nSPS) is 14.1. The van der Waals surface area contributed by atoms with Gasteiger partial charge in [-0.25, -0.2) is 0 Å². The average Bonchev–Trinajstić information content (AvgIpc) is 3.25. The Balaban J connectivity index is 4.75. The second-order valence-corrected chi connectivity index (χ2v) is 16.6. The monoisotopic (exact) mass is 848 g/mol. The zero-order chi connectivity index (χ0) is 44.5. The van der Waals surface area contributed by atoms with Crippen molar-refractivity contribution >= 4 is 11.9 Å². The maximum Gasteiger partial charge on any atom is 0.306 e. The quantitative estimate of drug-likeness (QED) is 0.0246. The Hall–Kier alpha value is -3.22. The second-order valence-electron chi connectivity index (χ2n) is 16.6. The topological polar surface area (TPSA) is 95.9 Å². The summed E-state index contributed by atoms with van der Waals surface area (Å²) in [6.45, 7) is 6.26. The fourth-order valence-electron chi connectivity index (χ4n) is 7.03. The summed E-state index contributed by atoms with van der Waals surface area (Å²) in [7, 11) is 0. The zero-order valence-corrected chi connectivity index (χ0v) is 39.5. The van der Waals surface area contributed by atoms with Crippen molar-refractivity contribution in [2.45, 2.75) is 232 Å². The molecular formula is C55H93NO5. The molecule has 1 amide bonds. The second kappa shape index (κ2) is 47.8. The molecular weight excluding hydrogens is 755 g/mol. The Kier molecular flexibility index (Phi) is 45.3. The molecule has 0 aliphatic heterocycles. The van der Waals surface area contributed by atoms with Gasteiger partial charge in [-0.05, 0) is 70.6 Å². The van der Waals surface area contributed by atoms with E-state index in [1.54, 1.807) is 0 Å². The molecule has 0 aliphatic carbocycles. The van der Waals surface area contributed by atoms with Gasteiger partial charge in [-0.2, -0.15) is 0 Å². The molecule has 0 rings (SSSR count). The van der Waals surface area contributed by atoms with Crippen molar-refractivity contribution in [3.8, 4) is 0 Å². The molecule has 0 saturated heterocycles. The van der Waals surface area contributed by atoms with E-state index in [9.17, 15) is 19.8 Å². The van der Waals surface area contributed by atoms with Gasteiger partial charge in [0.15, 0.2) is 0 Å². The van der Waals surface area contributed by atoms with E-state index >= 15 is 0 Å². The number of esters is 1. The smallest absolute Gasteiger partial charge is 0.306 e. The SMILES string of the molecule is CC\C=C/C=C/C=C/C=C\C=C\C=C\CCCC(CC(=O)NC(CO)C(O)CCCCCCCCCCCC)OC(=O)CCCCCCCCC/C=C\C/C=C\CCCCC. The predicted octanol–water partition coefficient (Wildman–Crippen LogP) is 14.9. The van der Waals surface area contributed by atoms with Crippen LogP contribution >= 0.6 is 0 Å². The summed E-state index contributed by atoms with van der Waals surface area (Å²) in [5, 5.41) is 23.7. The molecule has 0 heterocycles. The molecule has 0 spiro atoms. The van der Waals surface area contributed by atoms with Gasteiger partial charge in [-0.15, -0.1) is 0 Å². The Labute approximate surface area is 376 Å². The van der Waals surface area contributed by atoms with Crippen LogP contribution in [0.25, 0.3) is 0 Å². The number of aliphatic hydroxyl groups is 2. The highest BCUT2D eigenvalue weighted by molar-refractivity contribution is 5.77. The van der Waals surface area contributed by atoms with Crippen LogP contribution in [-0.4, -0.2) is 46.9 Å². The average molecular weight is 848 g/mol. The molecule has 0 aromatic heterocycles. The van der Waals surface area contributed by atoms with Crippen LogP contribution in [0.3, 0.4) is 0 Å². The van der Waals surface area contributed by atoms with E-state index in [-0.39, 0.29) is 24.9 Å². The fraction of sp³-hybridized carbons (Fsp3) is 0.673. The van der Waals surface area contributed by atoms with E-state index in [4.69, 9.17) is 4.74 Å². The van der Waals surface area contributed by atoms with Crippen molar-refractivity contribution in [2.24, 2.45) is 0 Å². The number of unbranched alkanes of at least 4 members (excludes halogenated alkanes) is 20. The van der Waals surface area contributed by atoms with E-state index < -0.39 is 18.2 Å². The predicted molar refractivity (Wildman–Crippen MR) is 264 cm³/mol. The summed E-state index contributed by atoms with van der Waals surface area (Å²) in [5.74, 6) is -0.566. The summed E-state index contributed by atoms with van der Waals surface area (Å²) >= 11 is 0. The Bertz CT molecular complexity index is 1220. The van der Waals surface area contributed by atoms with Crippen LogP contribution in [0.5, 0.6) is 0 Å². The first-order valence-corrected chi connectivity index (χ1v) is 25.0. The molecule has 3 unspecified atom stereocenters. The van der Waals surface area contributed by atoms with E-state index in [1.807, 2.05) is 60.8 Å². The van der Waals surface area contributed by atoms with Crippen LogP contribution in [0, 0.1) is 0 Å². The Morgan fingerprint density at radius 3 is 1.52 bits per heavy atom. The lowest BCUT2D eigenvalue weighted by atomic mass is 10.0. The number of carbonyl (C=O) groups is 2. The highest BCUT2D eigenvalue weighted by Gasteiger charge is 2.24. The van der Waals surface area contributed by atoms with Crippen LogP contribution in [0.4, 0.5) is 0 Å². The first-order chi connectivity index (χ1) is 30.0. The number of aliphatic hydroxyl groups excluding tert-OH is 2. The highest BCUT2D eigenvalue weighted by Crippen LogP contribution is 2.16. The molecule has 0 aliphatic rings. The van der Waals surface area contributed by atoms with Gasteiger partial charge >= 0.3 is 5.97 Å². The summed E-state index contributed by atoms with van der Waals surface area (Å²) in [6, 6.07) is -0.732. The van der Waals surface area contributed by atoms with Gasteiger partial charge in [-0.3, -0.25) is 9.59 Å². The van der Waals surface area contributed by atoms with Crippen molar-refractivity contribution < 1.29 is 24.5 Å². The van der Waals surface area contributed by atoms with Crippen LogP contribution in [0.1, 0.15) is 213 Å².